The first-order valence-electron chi connectivity index (χ1n) is 11.1. The van der Waals surface area contributed by atoms with Crippen LogP contribution in [0.25, 0.3) is 0 Å². The summed E-state index contributed by atoms with van der Waals surface area (Å²) in [7, 11) is 0. The van der Waals surface area contributed by atoms with Crippen LogP contribution in [-0.2, 0) is 14.3 Å². The predicted molar refractivity (Wildman–Crippen MR) is 121 cm³/mol. The lowest BCUT2D eigenvalue weighted by Gasteiger charge is -2.52. The summed E-state index contributed by atoms with van der Waals surface area (Å²) in [6.45, 7) is 5.97. The van der Waals surface area contributed by atoms with E-state index in [1.807, 2.05) is 0 Å². The number of hydrogen-bond donors (Lipinski definition) is 3. The van der Waals surface area contributed by atoms with Crippen molar-refractivity contribution in [2.45, 2.75) is 69.6 Å². The van der Waals surface area contributed by atoms with Crippen molar-refractivity contribution in [2.24, 2.45) is 0 Å². The number of fused-ring (bicyclic) bond motifs is 3. The summed E-state index contributed by atoms with van der Waals surface area (Å²) in [6.07, 6.45) is 2.35. The lowest BCUT2D eigenvalue weighted by molar-refractivity contribution is -0.141. The van der Waals surface area contributed by atoms with Crippen LogP contribution in [0, 0.1) is 5.82 Å². The quantitative estimate of drug-likeness (QED) is 0.491. The maximum atomic E-state index is 13.5. The molecule has 182 valence electrons. The first-order valence-corrected chi connectivity index (χ1v) is 11.4. The predicted octanol–water partition coefficient (Wildman–Crippen LogP) is 3.11. The minimum Gasteiger partial charge on any atom is -0.484 e. The topological polar surface area (TPSA) is 106 Å². The number of ketones is 1. The first kappa shape index (κ1) is 25.2. The number of rotatable bonds is 8. The molecule has 33 heavy (non-hydrogen) atoms. The number of amides is 2. The van der Waals surface area contributed by atoms with Crippen molar-refractivity contribution in [3.05, 3.63) is 29.0 Å². The molecule has 3 aliphatic rings. The number of hydrogen-bond acceptors (Lipinski definition) is 6. The molecule has 10 heteroatoms. The van der Waals surface area contributed by atoms with Gasteiger partial charge in [0.05, 0.1) is 10.6 Å². The fraction of sp³-hybridized carbons (Fsp3) is 0.609. The Morgan fingerprint density at radius 3 is 2.45 bits per heavy atom. The van der Waals surface area contributed by atoms with Crippen LogP contribution in [-0.4, -0.2) is 54.2 Å². The van der Waals surface area contributed by atoms with Crippen molar-refractivity contribution in [2.75, 3.05) is 19.7 Å². The molecule has 1 aromatic rings. The van der Waals surface area contributed by atoms with E-state index >= 15 is 0 Å². The van der Waals surface area contributed by atoms with E-state index in [4.69, 9.17) is 21.1 Å². The summed E-state index contributed by atoms with van der Waals surface area (Å²) in [6, 6.07) is 3.93. The molecule has 8 nitrogen and oxygen atoms in total. The van der Waals surface area contributed by atoms with Crippen LogP contribution in [0.4, 0.5) is 9.18 Å². The van der Waals surface area contributed by atoms with E-state index in [-0.39, 0.29) is 28.7 Å². The van der Waals surface area contributed by atoms with Gasteiger partial charge < -0.3 is 25.4 Å². The zero-order valence-electron chi connectivity index (χ0n) is 19.2. The number of benzene rings is 1. The number of carbonyl (C=O) groups is 3. The summed E-state index contributed by atoms with van der Waals surface area (Å²) in [5.74, 6) is -0.888. The van der Waals surface area contributed by atoms with Crippen LogP contribution in [0.2, 0.25) is 5.02 Å². The standard InChI is InChI=1S/C23H31ClFN3O5/c1-21(2,3)33-20(31)26-10-11-27-22-6-8-23(9-7-22,18(29)13-22)28-19(30)14-32-15-4-5-16(24)17(25)12-15/h4-5,12,27H,6-11,13-14H2,1-3H3,(H,26,31)(H,28,30). The van der Waals surface area contributed by atoms with Gasteiger partial charge in [0.15, 0.2) is 12.4 Å². The van der Waals surface area contributed by atoms with Gasteiger partial charge in [0.1, 0.15) is 17.2 Å². The van der Waals surface area contributed by atoms with E-state index in [0.29, 0.717) is 32.4 Å². The molecule has 0 aromatic heterocycles. The zero-order chi connectivity index (χ0) is 24.3. The molecule has 0 heterocycles. The highest BCUT2D eigenvalue weighted by atomic mass is 35.5. The lowest BCUT2D eigenvalue weighted by atomic mass is 9.60. The van der Waals surface area contributed by atoms with E-state index < -0.39 is 29.0 Å². The van der Waals surface area contributed by atoms with Crippen LogP contribution in [0.5, 0.6) is 5.75 Å². The van der Waals surface area contributed by atoms with Crippen molar-refractivity contribution in [3.63, 3.8) is 0 Å². The number of halogens is 2. The molecule has 0 aliphatic heterocycles. The fourth-order valence-corrected chi connectivity index (χ4v) is 4.46. The highest BCUT2D eigenvalue weighted by Gasteiger charge is 2.54. The van der Waals surface area contributed by atoms with Gasteiger partial charge in [-0.3, -0.25) is 9.59 Å². The van der Waals surface area contributed by atoms with Crippen molar-refractivity contribution in [1.29, 1.82) is 0 Å². The third-order valence-electron chi connectivity index (χ3n) is 6.03. The number of alkyl carbamates (subject to hydrolysis) is 1. The SMILES string of the molecule is CC(C)(C)OC(=O)NCCNC12CCC(NC(=O)COc3ccc(Cl)c(F)c3)(CC1)C(=O)C2. The van der Waals surface area contributed by atoms with Crippen LogP contribution < -0.4 is 20.7 Å². The Hall–Kier alpha value is -2.39. The molecule has 3 N–H and O–H groups in total. The second-order valence-electron chi connectivity index (χ2n) is 9.73. The Bertz CT molecular complexity index is 910. The molecule has 0 spiro atoms. The highest BCUT2D eigenvalue weighted by Crippen LogP contribution is 2.44. The fourth-order valence-electron chi connectivity index (χ4n) is 4.35. The van der Waals surface area contributed by atoms with Gasteiger partial charge in [-0.25, -0.2) is 9.18 Å². The second-order valence-corrected chi connectivity index (χ2v) is 10.1. The maximum absolute atomic E-state index is 13.5. The molecule has 0 saturated heterocycles. The minimum atomic E-state index is -0.885. The third-order valence-corrected chi connectivity index (χ3v) is 6.33. The van der Waals surface area contributed by atoms with E-state index in [1.165, 1.54) is 12.1 Å². The molecule has 0 radical (unpaired) electrons. The van der Waals surface area contributed by atoms with Gasteiger partial charge in [-0.1, -0.05) is 11.6 Å². The van der Waals surface area contributed by atoms with E-state index in [0.717, 1.165) is 18.9 Å². The number of Topliss-reactive ketones (excluding diaryl/α,β-unsaturated/α-hetero) is 1. The van der Waals surface area contributed by atoms with Crippen LogP contribution in [0.3, 0.4) is 0 Å². The Kier molecular flexibility index (Phi) is 7.53. The number of carbonyl (C=O) groups excluding carboxylic acids is 3. The van der Waals surface area contributed by atoms with Crippen molar-refractivity contribution in [1.82, 2.24) is 16.0 Å². The van der Waals surface area contributed by atoms with Gasteiger partial charge in [-0.05, 0) is 58.6 Å². The summed E-state index contributed by atoms with van der Waals surface area (Å²) in [4.78, 5) is 37.1. The molecule has 3 saturated carbocycles. The van der Waals surface area contributed by atoms with E-state index in [1.54, 1.807) is 20.8 Å². The monoisotopic (exact) mass is 483 g/mol. The maximum Gasteiger partial charge on any atom is 0.407 e. The molecular formula is C23H31ClFN3O5. The molecular weight excluding hydrogens is 453 g/mol. The third kappa shape index (κ3) is 6.57. The zero-order valence-corrected chi connectivity index (χ0v) is 19.9. The second kappa shape index (κ2) is 9.85. The van der Waals surface area contributed by atoms with Gasteiger partial charge in [0, 0.05) is 31.1 Å². The normalized spacial score (nSPS) is 24.3. The Balaban J connectivity index is 1.44. The first-order chi connectivity index (χ1) is 15.4. The van der Waals surface area contributed by atoms with Crippen LogP contribution >= 0.6 is 11.6 Å². The van der Waals surface area contributed by atoms with Gasteiger partial charge in [-0.15, -0.1) is 0 Å². The summed E-state index contributed by atoms with van der Waals surface area (Å²) >= 11 is 5.64. The molecule has 0 atom stereocenters. The molecule has 1 aromatic carbocycles. The number of ether oxygens (including phenoxy) is 2. The number of nitrogens with one attached hydrogen (secondary N) is 3. The van der Waals surface area contributed by atoms with Crippen molar-refractivity contribution < 1.29 is 28.2 Å². The average Bonchev–Trinajstić information content (AvgIpc) is 2.72. The Morgan fingerprint density at radius 1 is 1.15 bits per heavy atom. The molecule has 2 amide bonds. The van der Waals surface area contributed by atoms with E-state index in [2.05, 4.69) is 16.0 Å². The minimum absolute atomic E-state index is 0.0153. The summed E-state index contributed by atoms with van der Waals surface area (Å²) in [5.41, 5.74) is -1.76. The van der Waals surface area contributed by atoms with Gasteiger partial charge in [-0.2, -0.15) is 0 Å². The average molecular weight is 484 g/mol. The lowest BCUT2D eigenvalue weighted by Crippen LogP contribution is -2.68. The van der Waals surface area contributed by atoms with Gasteiger partial charge >= 0.3 is 6.09 Å². The highest BCUT2D eigenvalue weighted by molar-refractivity contribution is 6.30. The summed E-state index contributed by atoms with van der Waals surface area (Å²) in [5, 5.41) is 8.95. The molecule has 2 bridgehead atoms. The Labute approximate surface area is 197 Å². The smallest absolute Gasteiger partial charge is 0.407 e. The molecule has 4 rings (SSSR count). The van der Waals surface area contributed by atoms with E-state index in [9.17, 15) is 18.8 Å². The van der Waals surface area contributed by atoms with Crippen LogP contribution in [0.15, 0.2) is 18.2 Å². The molecule has 3 fully saturated rings. The van der Waals surface area contributed by atoms with Crippen LogP contribution in [0.1, 0.15) is 52.9 Å². The molecule has 3 aliphatic carbocycles. The largest absolute Gasteiger partial charge is 0.484 e. The van der Waals surface area contributed by atoms with Crippen molar-refractivity contribution in [3.8, 4) is 5.75 Å². The summed E-state index contributed by atoms with van der Waals surface area (Å²) < 4.78 is 24.1. The van der Waals surface area contributed by atoms with Crippen molar-refractivity contribution >= 4 is 29.4 Å². The Morgan fingerprint density at radius 2 is 1.85 bits per heavy atom. The van der Waals surface area contributed by atoms with Gasteiger partial charge in [0.25, 0.3) is 5.91 Å². The van der Waals surface area contributed by atoms with Gasteiger partial charge in [0.2, 0.25) is 0 Å². The molecule has 0 unspecified atom stereocenters.